The first-order valence-corrected chi connectivity index (χ1v) is 9.02. The summed E-state index contributed by atoms with van der Waals surface area (Å²) in [6.45, 7) is 2.00. The zero-order valence-corrected chi connectivity index (χ0v) is 15.7. The molecule has 152 valence electrons. The molecule has 0 saturated heterocycles. The van der Waals surface area contributed by atoms with E-state index in [0.717, 1.165) is 23.9 Å². The Balaban J connectivity index is 1.81. The Bertz CT molecular complexity index is 1030. The highest BCUT2D eigenvalue weighted by atomic mass is 32.1. The molecule has 1 aromatic carbocycles. The van der Waals surface area contributed by atoms with Crippen LogP contribution >= 0.6 is 11.3 Å². The number of anilines is 1. The molecule has 0 unspecified atom stereocenters. The van der Waals surface area contributed by atoms with Crippen molar-refractivity contribution in [1.82, 2.24) is 20.5 Å². The van der Waals surface area contributed by atoms with Crippen molar-refractivity contribution in [3.8, 4) is 0 Å². The van der Waals surface area contributed by atoms with E-state index < -0.39 is 23.6 Å². The fourth-order valence-corrected chi connectivity index (χ4v) is 2.88. The number of guanidine groups is 1. The Morgan fingerprint density at radius 1 is 1.28 bits per heavy atom. The summed E-state index contributed by atoms with van der Waals surface area (Å²) in [5.74, 6) is -1.47. The minimum absolute atomic E-state index is 0.109. The lowest BCUT2D eigenvalue weighted by Crippen LogP contribution is -2.31. The lowest BCUT2D eigenvalue weighted by Gasteiger charge is -2.09. The number of hydrogen-bond donors (Lipinski definition) is 3. The minimum Gasteiger partial charge on any atom is -0.349 e. The van der Waals surface area contributed by atoms with Crippen LogP contribution in [0.3, 0.4) is 0 Å². The van der Waals surface area contributed by atoms with Gasteiger partial charge in [0.15, 0.2) is 5.69 Å². The number of halogens is 4. The van der Waals surface area contributed by atoms with Crippen LogP contribution in [-0.2, 0) is 12.7 Å². The van der Waals surface area contributed by atoms with Crippen LogP contribution in [0.5, 0.6) is 0 Å². The number of aliphatic imine (C=N–C) groups is 1. The first kappa shape index (κ1) is 20.5. The predicted molar refractivity (Wildman–Crippen MR) is 99.1 cm³/mol. The number of carbonyl (C=O) groups is 1. The van der Waals surface area contributed by atoms with Gasteiger partial charge in [-0.25, -0.2) is 9.37 Å². The number of rotatable bonds is 4. The lowest BCUT2D eigenvalue weighted by molar-refractivity contribution is -0.141. The van der Waals surface area contributed by atoms with Crippen LogP contribution in [0.2, 0.25) is 0 Å². The Hall–Kier alpha value is -3.28. The van der Waals surface area contributed by atoms with Gasteiger partial charge in [-0.3, -0.25) is 9.89 Å². The molecule has 0 spiro atoms. The number of nitrogens with one attached hydrogen (secondary N) is 3. The number of aryl methyl sites for hydroxylation is 1. The molecule has 0 saturated carbocycles. The number of aromatic nitrogens is 3. The molecular weight excluding hydrogens is 412 g/mol. The SMILES string of the molecule is Cc1csc(CN/C(=N/C(=O)c2ccc(F)cc2)Nc2cc(C(F)(F)F)n[nH]2)n1. The van der Waals surface area contributed by atoms with Gasteiger partial charge in [-0.2, -0.15) is 23.3 Å². The molecule has 3 N–H and O–H groups in total. The van der Waals surface area contributed by atoms with E-state index in [4.69, 9.17) is 0 Å². The van der Waals surface area contributed by atoms with Gasteiger partial charge in [0.2, 0.25) is 5.96 Å². The fraction of sp³-hybridized carbons (Fsp3) is 0.176. The summed E-state index contributed by atoms with van der Waals surface area (Å²) in [5.41, 5.74) is -0.207. The number of aromatic amines is 1. The van der Waals surface area contributed by atoms with Gasteiger partial charge in [0.25, 0.3) is 5.91 Å². The van der Waals surface area contributed by atoms with Gasteiger partial charge in [-0.15, -0.1) is 11.3 Å². The van der Waals surface area contributed by atoms with Gasteiger partial charge in [0.05, 0.1) is 6.54 Å². The normalized spacial score (nSPS) is 12.1. The van der Waals surface area contributed by atoms with Crippen LogP contribution in [0, 0.1) is 12.7 Å². The number of H-pyrrole nitrogens is 1. The molecule has 0 radical (unpaired) electrons. The molecular formula is C17H14F4N6OS. The van der Waals surface area contributed by atoms with Crippen LogP contribution in [0.4, 0.5) is 23.4 Å². The van der Waals surface area contributed by atoms with Crippen LogP contribution in [0.15, 0.2) is 40.7 Å². The highest BCUT2D eigenvalue weighted by molar-refractivity contribution is 7.09. The monoisotopic (exact) mass is 426 g/mol. The summed E-state index contributed by atoms with van der Waals surface area (Å²) >= 11 is 1.37. The Morgan fingerprint density at radius 2 is 2.00 bits per heavy atom. The van der Waals surface area contributed by atoms with Gasteiger partial charge < -0.3 is 10.6 Å². The van der Waals surface area contributed by atoms with Crippen molar-refractivity contribution in [2.75, 3.05) is 5.32 Å². The lowest BCUT2D eigenvalue weighted by atomic mass is 10.2. The Labute approximate surface area is 165 Å². The number of benzene rings is 1. The second-order valence-corrected chi connectivity index (χ2v) is 6.74. The standard InChI is InChI=1S/C17H14F4N6OS/c1-9-8-29-14(23-9)7-22-16(24-13-6-12(26-27-13)17(19,20)21)25-15(28)10-2-4-11(18)5-3-10/h2-6,8H,7H2,1H3,(H3,22,24,25,26,27,28). The Morgan fingerprint density at radius 3 is 2.59 bits per heavy atom. The van der Waals surface area contributed by atoms with Crippen molar-refractivity contribution in [3.63, 3.8) is 0 Å². The number of thiazole rings is 1. The average molecular weight is 426 g/mol. The molecule has 0 aliphatic carbocycles. The maximum absolute atomic E-state index is 13.0. The van der Waals surface area contributed by atoms with Crippen molar-refractivity contribution >= 4 is 29.0 Å². The second-order valence-electron chi connectivity index (χ2n) is 5.80. The Kier molecular flexibility index (Phi) is 5.92. The molecule has 0 bridgehead atoms. The summed E-state index contributed by atoms with van der Waals surface area (Å²) in [6, 6.07) is 5.45. The van der Waals surface area contributed by atoms with Gasteiger partial charge in [-0.1, -0.05) is 0 Å². The maximum Gasteiger partial charge on any atom is 0.435 e. The molecule has 1 amide bonds. The summed E-state index contributed by atoms with van der Waals surface area (Å²) in [6.07, 6.45) is -4.62. The number of carbonyl (C=O) groups excluding carboxylic acids is 1. The summed E-state index contributed by atoms with van der Waals surface area (Å²) in [4.78, 5) is 20.4. The minimum atomic E-state index is -4.62. The average Bonchev–Trinajstić information content (AvgIpc) is 3.29. The van der Waals surface area contributed by atoms with Crippen molar-refractivity contribution in [2.24, 2.45) is 4.99 Å². The highest BCUT2D eigenvalue weighted by Crippen LogP contribution is 2.28. The van der Waals surface area contributed by atoms with E-state index in [2.05, 4.69) is 30.8 Å². The molecule has 2 aromatic heterocycles. The zero-order chi connectivity index (χ0) is 21.0. The zero-order valence-electron chi connectivity index (χ0n) is 14.8. The quantitative estimate of drug-likeness (QED) is 0.336. The van der Waals surface area contributed by atoms with E-state index in [1.54, 1.807) is 0 Å². The van der Waals surface area contributed by atoms with E-state index in [-0.39, 0.29) is 23.9 Å². The highest BCUT2D eigenvalue weighted by Gasteiger charge is 2.34. The molecule has 12 heteroatoms. The second kappa shape index (κ2) is 8.39. The summed E-state index contributed by atoms with van der Waals surface area (Å²) in [7, 11) is 0. The number of hydrogen-bond acceptors (Lipinski definition) is 4. The molecule has 0 aliphatic rings. The van der Waals surface area contributed by atoms with E-state index in [1.807, 2.05) is 12.3 Å². The van der Waals surface area contributed by atoms with Crippen LogP contribution in [0.25, 0.3) is 0 Å². The molecule has 0 atom stereocenters. The molecule has 2 heterocycles. The van der Waals surface area contributed by atoms with Crippen LogP contribution in [-0.4, -0.2) is 27.0 Å². The maximum atomic E-state index is 13.0. The van der Waals surface area contributed by atoms with Crippen molar-refractivity contribution in [1.29, 1.82) is 0 Å². The molecule has 29 heavy (non-hydrogen) atoms. The van der Waals surface area contributed by atoms with Crippen molar-refractivity contribution in [2.45, 2.75) is 19.6 Å². The van der Waals surface area contributed by atoms with Gasteiger partial charge >= 0.3 is 6.18 Å². The third kappa shape index (κ3) is 5.60. The first-order chi connectivity index (χ1) is 13.7. The summed E-state index contributed by atoms with van der Waals surface area (Å²) in [5, 5.41) is 13.3. The van der Waals surface area contributed by atoms with Crippen molar-refractivity contribution < 1.29 is 22.4 Å². The van der Waals surface area contributed by atoms with Gasteiger partial charge in [0, 0.05) is 22.7 Å². The van der Waals surface area contributed by atoms with E-state index >= 15 is 0 Å². The topological polar surface area (TPSA) is 95.1 Å². The molecule has 3 rings (SSSR count). The van der Waals surface area contributed by atoms with E-state index in [9.17, 15) is 22.4 Å². The molecule has 3 aromatic rings. The first-order valence-electron chi connectivity index (χ1n) is 8.14. The summed E-state index contributed by atoms with van der Waals surface area (Å²) < 4.78 is 51.2. The predicted octanol–water partition coefficient (Wildman–Crippen LogP) is 3.73. The van der Waals surface area contributed by atoms with Crippen molar-refractivity contribution in [3.05, 3.63) is 63.5 Å². The fourth-order valence-electron chi connectivity index (χ4n) is 2.17. The number of amides is 1. The number of nitrogens with zero attached hydrogens (tertiary/aromatic N) is 3. The molecule has 7 nitrogen and oxygen atoms in total. The van der Waals surface area contributed by atoms with Gasteiger partial charge in [-0.05, 0) is 31.2 Å². The molecule has 0 fully saturated rings. The third-order valence-corrected chi connectivity index (χ3v) is 4.47. The number of alkyl halides is 3. The smallest absolute Gasteiger partial charge is 0.349 e. The van der Waals surface area contributed by atoms with E-state index in [1.165, 1.54) is 23.5 Å². The van der Waals surface area contributed by atoms with E-state index in [0.29, 0.717) is 5.01 Å². The van der Waals surface area contributed by atoms with Crippen LogP contribution < -0.4 is 10.6 Å². The van der Waals surface area contributed by atoms with Crippen LogP contribution in [0.1, 0.15) is 26.8 Å². The molecule has 0 aliphatic heterocycles. The third-order valence-electron chi connectivity index (χ3n) is 3.50. The van der Waals surface area contributed by atoms with Gasteiger partial charge in [0.1, 0.15) is 16.6 Å². The largest absolute Gasteiger partial charge is 0.435 e.